The number of piperidine rings is 1. The maximum atomic E-state index is 13.7. The highest BCUT2D eigenvalue weighted by Gasteiger charge is 2.40. The van der Waals surface area contributed by atoms with Gasteiger partial charge >= 0.3 is 13.9 Å². The summed E-state index contributed by atoms with van der Waals surface area (Å²) in [4.78, 5) is 43.9. The Bertz CT molecular complexity index is 2180. The van der Waals surface area contributed by atoms with Gasteiger partial charge < -0.3 is 15.0 Å². The minimum atomic E-state index is -3.85. The van der Waals surface area contributed by atoms with E-state index in [-0.39, 0.29) is 17.5 Å². The van der Waals surface area contributed by atoms with Gasteiger partial charge in [-0.25, -0.2) is 19.3 Å². The van der Waals surface area contributed by atoms with Gasteiger partial charge in [-0.05, 0) is 90.8 Å². The van der Waals surface area contributed by atoms with E-state index >= 15 is 0 Å². The van der Waals surface area contributed by atoms with Crippen LogP contribution in [0.5, 0.6) is 0 Å². The third kappa shape index (κ3) is 7.46. The van der Waals surface area contributed by atoms with E-state index in [1.165, 1.54) is 12.4 Å². The molecular weight excluding hydrogens is 661 g/mol. The van der Waals surface area contributed by atoms with Crippen molar-refractivity contribution in [2.75, 3.05) is 18.0 Å². The highest BCUT2D eigenvalue weighted by Crippen LogP contribution is 2.57. The zero-order valence-corrected chi connectivity index (χ0v) is 29.5. The smallest absolute Gasteiger partial charge is 0.464 e. The summed E-state index contributed by atoms with van der Waals surface area (Å²) in [6, 6.07) is 12.1. The number of aromatic nitrogens is 5. The van der Waals surface area contributed by atoms with Crippen LogP contribution in [-0.4, -0.2) is 71.9 Å². The van der Waals surface area contributed by atoms with Crippen molar-refractivity contribution in [2.45, 2.75) is 71.7 Å². The molecule has 0 radical (unpaired) electrons. The number of aromatic amines is 1. The maximum Gasteiger partial charge on any atom is 0.476 e. The Morgan fingerprint density at radius 2 is 1.68 bits per heavy atom. The number of ketones is 1. The topological polar surface area (TPSA) is 186 Å². The van der Waals surface area contributed by atoms with Crippen LogP contribution in [0.25, 0.3) is 33.2 Å². The number of phosphoric ester groups is 1. The summed E-state index contributed by atoms with van der Waals surface area (Å²) in [5.74, 6) is 0.348. The summed E-state index contributed by atoms with van der Waals surface area (Å²) < 4.78 is 32.2. The fraction of sp³-hybridized carbons (Fsp3) is 0.371. The van der Waals surface area contributed by atoms with Crippen molar-refractivity contribution < 1.29 is 32.8 Å². The Morgan fingerprint density at radius 1 is 0.980 bits per heavy atom. The number of anilines is 1. The molecule has 1 aliphatic rings. The highest BCUT2D eigenvalue weighted by atomic mass is 31.2. The number of fused-ring (bicyclic) bond motifs is 2. The van der Waals surface area contributed by atoms with Crippen LogP contribution in [0, 0.1) is 11.3 Å². The molecule has 0 spiro atoms. The molecule has 1 aromatic carbocycles. The first kappa shape index (κ1) is 34.9. The monoisotopic (exact) mass is 699 g/mol. The summed E-state index contributed by atoms with van der Waals surface area (Å²) in [5, 5.41) is 20.0. The van der Waals surface area contributed by atoms with Gasteiger partial charge in [-0.15, -0.1) is 0 Å². The third-order valence-corrected chi connectivity index (χ3v) is 9.98. The number of pyridine rings is 2. The van der Waals surface area contributed by atoms with Crippen molar-refractivity contribution in [1.29, 1.82) is 5.26 Å². The van der Waals surface area contributed by atoms with E-state index in [1.807, 2.05) is 12.1 Å². The highest BCUT2D eigenvalue weighted by molar-refractivity contribution is 7.48. The molecule has 0 aliphatic carbocycles. The number of imidazole rings is 1. The summed E-state index contributed by atoms with van der Waals surface area (Å²) in [6.45, 7) is 12.0. The average Bonchev–Trinajstić information content (AvgIpc) is 3.67. The molecule has 14 nitrogen and oxygen atoms in total. The molecule has 0 atom stereocenters. The van der Waals surface area contributed by atoms with Crippen LogP contribution in [0.4, 0.5) is 10.6 Å². The Morgan fingerprint density at radius 3 is 2.32 bits per heavy atom. The van der Waals surface area contributed by atoms with Gasteiger partial charge in [0, 0.05) is 47.6 Å². The van der Waals surface area contributed by atoms with Crippen LogP contribution in [0.2, 0.25) is 0 Å². The second-order valence-corrected chi connectivity index (χ2v) is 15.5. The van der Waals surface area contributed by atoms with E-state index in [1.54, 1.807) is 72.0 Å². The summed E-state index contributed by atoms with van der Waals surface area (Å²) in [5.41, 5.74) is 1.38. The Balaban J connectivity index is 1.20. The molecule has 260 valence electrons. The number of nitriles is 1. The Kier molecular flexibility index (Phi) is 9.13. The fourth-order valence-corrected chi connectivity index (χ4v) is 7.89. The third-order valence-electron chi connectivity index (χ3n) is 7.88. The Labute approximate surface area is 288 Å². The molecule has 1 fully saturated rings. The number of nitrogens with one attached hydrogen (secondary N) is 1. The van der Waals surface area contributed by atoms with Crippen LogP contribution >= 0.6 is 7.82 Å². The van der Waals surface area contributed by atoms with E-state index in [0.29, 0.717) is 70.5 Å². The quantitative estimate of drug-likeness (QED) is 0.122. The number of nitrogens with zero attached hydrogens (tertiary/aromatic N) is 6. The number of rotatable bonds is 8. The predicted molar refractivity (Wildman–Crippen MR) is 186 cm³/mol. The molecule has 0 bridgehead atoms. The first-order valence-corrected chi connectivity index (χ1v) is 17.6. The molecule has 4 aromatic heterocycles. The molecule has 0 saturated carbocycles. The zero-order valence-electron chi connectivity index (χ0n) is 28.6. The molecule has 0 amide bonds. The molecule has 2 N–H and O–H groups in total. The second-order valence-electron chi connectivity index (χ2n) is 14.1. The van der Waals surface area contributed by atoms with Crippen molar-refractivity contribution in [3.63, 3.8) is 0 Å². The van der Waals surface area contributed by atoms with Crippen molar-refractivity contribution in [2.24, 2.45) is 0 Å². The number of hydrogen-bond donors (Lipinski definition) is 2. The lowest BCUT2D eigenvalue weighted by Gasteiger charge is -2.36. The molecule has 5 heterocycles. The summed E-state index contributed by atoms with van der Waals surface area (Å²) in [6.07, 6.45) is 4.03. The average molecular weight is 700 g/mol. The molecule has 0 unspecified atom stereocenters. The van der Waals surface area contributed by atoms with Gasteiger partial charge in [-0.1, -0.05) is 0 Å². The van der Waals surface area contributed by atoms with Crippen molar-refractivity contribution in [3.8, 4) is 17.2 Å². The lowest BCUT2D eigenvalue weighted by Crippen LogP contribution is -2.38. The van der Waals surface area contributed by atoms with Crippen LogP contribution in [0.3, 0.4) is 0 Å². The lowest BCUT2D eigenvalue weighted by molar-refractivity contribution is -0.0143. The van der Waals surface area contributed by atoms with Crippen molar-refractivity contribution in [1.82, 2.24) is 24.5 Å². The van der Waals surface area contributed by atoms with Gasteiger partial charge in [-0.3, -0.25) is 27.9 Å². The first-order chi connectivity index (χ1) is 23.5. The summed E-state index contributed by atoms with van der Waals surface area (Å²) >= 11 is 0. The Hall–Kier alpha value is -4.93. The summed E-state index contributed by atoms with van der Waals surface area (Å²) in [7, 11) is -3.85. The molecule has 15 heteroatoms. The van der Waals surface area contributed by atoms with Crippen molar-refractivity contribution in [3.05, 3.63) is 71.9 Å². The van der Waals surface area contributed by atoms with E-state index in [9.17, 15) is 24.5 Å². The minimum absolute atomic E-state index is 0.0780. The molecule has 1 aliphatic heterocycles. The maximum absolute atomic E-state index is 13.7. The van der Waals surface area contributed by atoms with Crippen LogP contribution in [0.15, 0.2) is 55.0 Å². The molecular formula is C35H38N7O7P. The number of hydrogen-bond acceptors (Lipinski definition) is 11. The second kappa shape index (κ2) is 13.1. The lowest BCUT2D eigenvalue weighted by atomic mass is 9.95. The number of phosphoric acid groups is 1. The van der Waals surface area contributed by atoms with Gasteiger partial charge in [0.15, 0.2) is 11.5 Å². The van der Waals surface area contributed by atoms with Crippen LogP contribution in [0.1, 0.15) is 76.1 Å². The SMILES string of the molecule is CC(C)(C)OP(=O)(OC1CCN(c2ccc3[nH]c(C(=O)c4ccc(C#N)c(-c5cncc6c5ccn6C(=O)O)c4)nc3n2)CC1)OC(C)(C)C. The molecule has 6 rings (SSSR count). The standard InChI is InChI=1S/C35H38N7O7P/c1-34(2,3)48-50(46,49-35(4,5)6)47-23-11-14-41(15-12-23)29-10-9-27-31(39-29)40-32(38-27)30(43)21-7-8-22(18-36)25(17-21)26-19-37-20-28-24(26)13-16-42(28)33(44)45/h7-10,13,16-17,19-20,23H,11-12,14-15H2,1-6H3,(H,44,45)(H,38,39,40). The van der Waals surface area contributed by atoms with E-state index in [4.69, 9.17) is 18.6 Å². The largest absolute Gasteiger partial charge is 0.476 e. The number of carbonyl (C=O) groups excluding carboxylic acids is 1. The van der Waals surface area contributed by atoms with Crippen molar-refractivity contribution >= 4 is 47.6 Å². The first-order valence-electron chi connectivity index (χ1n) is 16.1. The molecule has 50 heavy (non-hydrogen) atoms. The number of H-pyrrole nitrogens is 1. The fourth-order valence-electron chi connectivity index (χ4n) is 5.85. The zero-order chi connectivity index (χ0) is 36.0. The van der Waals surface area contributed by atoms with Gasteiger partial charge in [0.25, 0.3) is 0 Å². The predicted octanol–water partition coefficient (Wildman–Crippen LogP) is 7.33. The number of carbonyl (C=O) groups is 2. The van der Waals surface area contributed by atoms with E-state index in [2.05, 4.69) is 25.9 Å². The van der Waals surface area contributed by atoms with E-state index in [0.717, 1.165) is 4.57 Å². The molecule has 5 aromatic rings. The number of benzene rings is 1. The van der Waals surface area contributed by atoms with E-state index < -0.39 is 30.9 Å². The normalized spacial score (nSPS) is 14.7. The number of carboxylic acid groups (broad SMARTS) is 1. The van der Waals surface area contributed by atoms with Gasteiger partial charge in [-0.2, -0.15) is 5.26 Å². The van der Waals surface area contributed by atoms with Crippen LogP contribution < -0.4 is 4.90 Å². The van der Waals surface area contributed by atoms with Crippen LogP contribution in [-0.2, 0) is 18.1 Å². The van der Waals surface area contributed by atoms with Gasteiger partial charge in [0.2, 0.25) is 5.78 Å². The molecule has 1 saturated heterocycles. The van der Waals surface area contributed by atoms with Gasteiger partial charge in [0.05, 0.1) is 46.2 Å². The minimum Gasteiger partial charge on any atom is -0.464 e. The van der Waals surface area contributed by atoms with Gasteiger partial charge in [0.1, 0.15) is 5.82 Å².